The van der Waals surface area contributed by atoms with Crippen LogP contribution >= 0.6 is 23.1 Å². The Morgan fingerprint density at radius 1 is 0.970 bits per heavy atom. The number of piperidine rings is 2. The van der Waals surface area contributed by atoms with Crippen LogP contribution in [0, 0.1) is 6.92 Å². The molecule has 3 aromatic carbocycles. The highest BCUT2D eigenvalue weighted by atomic mass is 79.9. The largest absolute Gasteiger partial charge is 0.494 e. The molecule has 0 aliphatic carbocycles. The number of fused-ring (bicyclic) bond motifs is 2. The number of rotatable bonds is 14. The van der Waals surface area contributed by atoms with Gasteiger partial charge < -0.3 is 44.3 Å². The predicted molar refractivity (Wildman–Crippen MR) is 265 cm³/mol. The summed E-state index contributed by atoms with van der Waals surface area (Å²) in [6, 6.07) is 18.8. The molecule has 66 heavy (non-hydrogen) atoms. The molecule has 3 aliphatic rings. The molecular weight excluding hydrogens is 919 g/mol. The summed E-state index contributed by atoms with van der Waals surface area (Å²) in [5.41, 5.74) is 7.32. The Bertz CT molecular complexity index is 2820. The predicted octanol–water partition coefficient (Wildman–Crippen LogP) is 7.72. The van der Waals surface area contributed by atoms with Gasteiger partial charge in [0.1, 0.15) is 35.9 Å². The van der Waals surface area contributed by atoms with Crippen LogP contribution in [0.1, 0.15) is 55.3 Å². The lowest BCUT2D eigenvalue weighted by atomic mass is 9.82. The first kappa shape index (κ1) is 45.7. The summed E-state index contributed by atoms with van der Waals surface area (Å²) in [5.74, 6) is 1.99. The maximum atomic E-state index is 13.7. The Balaban J connectivity index is 0.800. The fraction of sp³-hybridized carbons (Fsp3) is 0.429. The Morgan fingerprint density at radius 2 is 1.77 bits per heavy atom. The van der Waals surface area contributed by atoms with E-state index >= 15 is 0 Å². The molecule has 3 saturated heterocycles. The number of halogens is 1. The van der Waals surface area contributed by atoms with Crippen LogP contribution in [-0.4, -0.2) is 121 Å². The molecule has 1 unspecified atom stereocenters. The van der Waals surface area contributed by atoms with Gasteiger partial charge in [-0.3, -0.25) is 14.7 Å². The Morgan fingerprint density at radius 3 is 2.48 bits per heavy atom. The molecular formula is C49H58BrN10O5P. The average molecular weight is 978 g/mol. The van der Waals surface area contributed by atoms with Crippen LogP contribution in [-0.2, 0) is 32.4 Å². The highest BCUT2D eigenvalue weighted by Crippen LogP contribution is 2.42. The molecule has 0 spiro atoms. The van der Waals surface area contributed by atoms with E-state index in [1.54, 1.807) is 26.6 Å². The van der Waals surface area contributed by atoms with Crippen molar-refractivity contribution in [3.05, 3.63) is 88.0 Å². The molecule has 6 aromatic rings. The number of nitrogens with zero attached hydrogens (tertiary/aromatic N) is 7. The van der Waals surface area contributed by atoms with Crippen LogP contribution in [0.5, 0.6) is 5.75 Å². The Kier molecular flexibility index (Phi) is 13.2. The van der Waals surface area contributed by atoms with Crippen molar-refractivity contribution >= 4 is 91.4 Å². The highest BCUT2D eigenvalue weighted by molar-refractivity contribution is 9.10. The number of nitrogens with one attached hydrogen (secondary N) is 3. The number of piperazine rings is 1. The molecule has 17 heteroatoms. The number of aldehydes is 1. The molecule has 6 heterocycles. The van der Waals surface area contributed by atoms with Gasteiger partial charge in [-0.1, -0.05) is 19.1 Å². The van der Waals surface area contributed by atoms with E-state index in [9.17, 15) is 14.2 Å². The third-order valence-electron chi connectivity index (χ3n) is 13.5. The molecule has 15 nitrogen and oxygen atoms in total. The van der Waals surface area contributed by atoms with E-state index in [-0.39, 0.29) is 18.9 Å². The van der Waals surface area contributed by atoms with Crippen LogP contribution in [0.3, 0.4) is 0 Å². The molecule has 3 aromatic heterocycles. The fourth-order valence-electron chi connectivity index (χ4n) is 9.75. The van der Waals surface area contributed by atoms with Crippen LogP contribution in [0.4, 0.5) is 28.8 Å². The summed E-state index contributed by atoms with van der Waals surface area (Å²) in [7, 11) is -1.03. The normalized spacial score (nSPS) is 19.0. The number of anilines is 5. The van der Waals surface area contributed by atoms with Crippen molar-refractivity contribution in [2.24, 2.45) is 0 Å². The van der Waals surface area contributed by atoms with E-state index in [1.165, 1.54) is 16.8 Å². The molecule has 346 valence electrons. The lowest BCUT2D eigenvalue weighted by Crippen LogP contribution is -2.53. The minimum atomic E-state index is -2.73. The molecule has 1 amide bonds. The van der Waals surface area contributed by atoms with Crippen molar-refractivity contribution in [1.29, 1.82) is 0 Å². The number of pyridine rings is 1. The number of aromatic nitrogens is 4. The quantitative estimate of drug-likeness (QED) is 0.0716. The monoisotopic (exact) mass is 976 g/mol. The first-order chi connectivity index (χ1) is 31.8. The fourth-order valence-corrected chi connectivity index (χ4v) is 11.5. The maximum absolute atomic E-state index is 13.7. The van der Waals surface area contributed by atoms with E-state index in [1.807, 2.05) is 37.3 Å². The van der Waals surface area contributed by atoms with Crippen molar-refractivity contribution < 1.29 is 23.3 Å². The number of carbonyl (C=O) groups excluding carboxylic acids is 2. The topological polar surface area (TPSA) is 171 Å². The highest BCUT2D eigenvalue weighted by Gasteiger charge is 2.41. The molecule has 3 N–H and O–H groups in total. The van der Waals surface area contributed by atoms with Gasteiger partial charge in [0.05, 0.1) is 28.5 Å². The number of carbonyl (C=O) groups is 2. The average Bonchev–Trinajstić information content (AvgIpc) is 3.76. The van der Waals surface area contributed by atoms with Gasteiger partial charge in [-0.2, -0.15) is 4.98 Å². The van der Waals surface area contributed by atoms with Gasteiger partial charge in [-0.15, -0.1) is 0 Å². The van der Waals surface area contributed by atoms with Crippen molar-refractivity contribution in [1.82, 2.24) is 35.1 Å². The number of ether oxygens (including phenoxy) is 1. The zero-order valence-electron chi connectivity index (χ0n) is 38.3. The number of hydrogen-bond acceptors (Lipinski definition) is 14. The number of benzene rings is 3. The standard InChI is InChI=1S/C49H58BrN10O5P/c1-6-33-26-40(56-48-51-28-36(50)46(57-48)54-38-11-10-37-35(9-7-31(2)53-37)45(38)66(4,5)63)43(64-3)27-41(33)60-19-15-34(16-20-60)59-23-21-58(22-24-59)18-14-32-8-12-42-39(25-32)55-47(65-42)49(30-61)17-13-44(62)52-29-49/h7-12,25-28,30,34H,6,13-24,29H2,1-5H3,(H,52,62)(H2,51,54,56,57). The number of aryl methyl sites for hydroxylation is 2. The van der Waals surface area contributed by atoms with Gasteiger partial charge in [-0.25, -0.2) is 9.97 Å². The third-order valence-corrected chi connectivity index (χ3v) is 15.6. The molecule has 1 atom stereocenters. The number of hydrogen-bond donors (Lipinski definition) is 3. The molecule has 9 rings (SSSR count). The van der Waals surface area contributed by atoms with Crippen LogP contribution < -0.4 is 30.9 Å². The first-order valence-corrected chi connectivity index (χ1v) is 26.3. The summed E-state index contributed by atoms with van der Waals surface area (Å²) in [6.07, 6.45) is 7.23. The van der Waals surface area contributed by atoms with Gasteiger partial charge in [0, 0.05) is 99.2 Å². The summed E-state index contributed by atoms with van der Waals surface area (Å²) in [6.45, 7) is 15.0. The van der Waals surface area contributed by atoms with Gasteiger partial charge in [0.15, 0.2) is 5.58 Å². The second-order valence-corrected chi connectivity index (χ2v) is 22.2. The first-order valence-electron chi connectivity index (χ1n) is 22.9. The zero-order chi connectivity index (χ0) is 46.2. The van der Waals surface area contributed by atoms with Crippen molar-refractivity contribution in [3.63, 3.8) is 0 Å². The van der Waals surface area contributed by atoms with Gasteiger partial charge in [-0.05, 0) is 116 Å². The summed E-state index contributed by atoms with van der Waals surface area (Å²) in [4.78, 5) is 50.5. The van der Waals surface area contributed by atoms with Crippen LogP contribution in [0.15, 0.2) is 69.7 Å². The van der Waals surface area contributed by atoms with Gasteiger partial charge >= 0.3 is 0 Å². The van der Waals surface area contributed by atoms with E-state index in [0.717, 1.165) is 111 Å². The minimum Gasteiger partial charge on any atom is -0.494 e. The number of methoxy groups -OCH3 is 1. The summed E-state index contributed by atoms with van der Waals surface area (Å²) >= 11 is 3.63. The molecule has 0 saturated carbocycles. The van der Waals surface area contributed by atoms with Gasteiger partial charge in [0.2, 0.25) is 17.7 Å². The third kappa shape index (κ3) is 9.56. The maximum Gasteiger partial charge on any atom is 0.229 e. The lowest BCUT2D eigenvalue weighted by Gasteiger charge is -2.43. The molecule has 3 fully saturated rings. The lowest BCUT2D eigenvalue weighted by molar-refractivity contribution is -0.125. The Hall–Kier alpha value is -5.41. The second kappa shape index (κ2) is 19.1. The smallest absolute Gasteiger partial charge is 0.229 e. The molecule has 3 aliphatic heterocycles. The van der Waals surface area contributed by atoms with Gasteiger partial charge in [0.25, 0.3) is 0 Å². The zero-order valence-corrected chi connectivity index (χ0v) is 40.8. The minimum absolute atomic E-state index is 0.0505. The summed E-state index contributed by atoms with van der Waals surface area (Å²) in [5, 5.41) is 11.3. The Labute approximate surface area is 394 Å². The van der Waals surface area contributed by atoms with E-state index < -0.39 is 12.6 Å². The van der Waals surface area contributed by atoms with E-state index in [2.05, 4.69) is 87.7 Å². The number of amides is 1. The van der Waals surface area contributed by atoms with E-state index in [4.69, 9.17) is 19.1 Å². The second-order valence-electron chi connectivity index (χ2n) is 18.2. The van der Waals surface area contributed by atoms with Crippen molar-refractivity contribution in [2.75, 3.05) is 88.3 Å². The summed E-state index contributed by atoms with van der Waals surface area (Å²) < 4.78 is 26.3. The molecule has 0 bridgehead atoms. The van der Waals surface area contributed by atoms with E-state index in [0.29, 0.717) is 51.6 Å². The number of oxazole rings is 1. The van der Waals surface area contributed by atoms with Crippen LogP contribution in [0.2, 0.25) is 0 Å². The van der Waals surface area contributed by atoms with Crippen LogP contribution in [0.25, 0.3) is 22.0 Å². The van der Waals surface area contributed by atoms with Crippen molar-refractivity contribution in [2.45, 2.75) is 63.8 Å². The SMILES string of the molecule is CCc1cc(Nc2ncc(Br)c(Nc3ccc4nc(C)ccc4c3P(C)(C)=O)n2)c(OC)cc1N1CCC(N2CCN(CCc3ccc4oc(C5(C=O)CCC(=O)NC5)nc4c3)CC2)CC1. The van der Waals surface area contributed by atoms with Crippen molar-refractivity contribution in [3.8, 4) is 5.75 Å². The molecule has 0 radical (unpaired) electrons.